The smallest absolute Gasteiger partial charge is 0.417 e. The molecular formula is C25H25F3N3O4S-. The molecule has 2 unspecified atom stereocenters. The van der Waals surface area contributed by atoms with Gasteiger partial charge in [0.15, 0.2) is 0 Å². The van der Waals surface area contributed by atoms with Gasteiger partial charge in [0.1, 0.15) is 0 Å². The van der Waals surface area contributed by atoms with Crippen LogP contribution in [-0.2, 0) is 21.0 Å². The maximum Gasteiger partial charge on any atom is 0.417 e. The van der Waals surface area contributed by atoms with E-state index in [-0.39, 0.29) is 35.0 Å². The highest BCUT2D eigenvalue weighted by Crippen LogP contribution is 2.60. The molecule has 0 radical (unpaired) electrons. The van der Waals surface area contributed by atoms with E-state index in [2.05, 4.69) is 9.71 Å². The first-order valence-corrected chi connectivity index (χ1v) is 13.2. The van der Waals surface area contributed by atoms with Gasteiger partial charge in [-0.3, -0.25) is 14.5 Å². The molecule has 2 aromatic rings. The van der Waals surface area contributed by atoms with Crippen molar-refractivity contribution in [1.29, 1.82) is 0 Å². The van der Waals surface area contributed by atoms with E-state index in [0.717, 1.165) is 31.4 Å². The Kier molecular flexibility index (Phi) is 5.81. The van der Waals surface area contributed by atoms with Crippen LogP contribution in [0.15, 0.2) is 58.4 Å². The van der Waals surface area contributed by atoms with Gasteiger partial charge in [-0.1, -0.05) is 24.3 Å². The Morgan fingerprint density at radius 1 is 1.06 bits per heavy atom. The van der Waals surface area contributed by atoms with Gasteiger partial charge in [-0.05, 0) is 85.6 Å². The molecule has 36 heavy (non-hydrogen) atoms. The summed E-state index contributed by atoms with van der Waals surface area (Å²) in [6.45, 7) is 0. The molecule has 3 N–H and O–H groups in total. The van der Waals surface area contributed by atoms with Crippen molar-refractivity contribution < 1.29 is 31.5 Å². The summed E-state index contributed by atoms with van der Waals surface area (Å²) >= 11 is 0. The lowest BCUT2D eigenvalue weighted by Gasteiger charge is -2.58. The van der Waals surface area contributed by atoms with Crippen molar-refractivity contribution in [2.75, 3.05) is 4.72 Å². The molecule has 0 spiro atoms. The highest BCUT2D eigenvalue weighted by atomic mass is 32.2. The van der Waals surface area contributed by atoms with Crippen LogP contribution < -0.4 is 15.6 Å². The number of nitrogens with zero attached hydrogens (tertiary/aromatic N) is 1. The van der Waals surface area contributed by atoms with Crippen LogP contribution in [0.5, 0.6) is 0 Å². The Morgan fingerprint density at radius 2 is 1.72 bits per heavy atom. The number of carbonyl (C=O) groups excluding carboxylic acids is 1. The summed E-state index contributed by atoms with van der Waals surface area (Å²) in [5.74, 6) is -0.216. The van der Waals surface area contributed by atoms with Crippen molar-refractivity contribution in [3.8, 4) is 0 Å². The molecule has 11 heteroatoms. The molecule has 4 aliphatic carbocycles. The zero-order valence-corrected chi connectivity index (χ0v) is 20.0. The molecule has 2 atom stereocenters. The third kappa shape index (κ3) is 4.33. The third-order valence-corrected chi connectivity index (χ3v) is 9.30. The second-order valence-corrected chi connectivity index (χ2v) is 11.9. The Balaban J connectivity index is 1.38. The largest absolute Gasteiger partial charge is 0.858 e. The minimum absolute atomic E-state index is 0.0502. The quantitative estimate of drug-likeness (QED) is 0.448. The number of nitrogens with one attached hydrogen (secondary N) is 1. The molecule has 0 aromatic heterocycles. The summed E-state index contributed by atoms with van der Waals surface area (Å²) in [6.07, 6.45) is -1.02. The van der Waals surface area contributed by atoms with Crippen molar-refractivity contribution in [3.05, 3.63) is 59.7 Å². The Bertz CT molecular complexity index is 1330. The number of aliphatic imine (C=N–C) groups is 1. The fourth-order valence-corrected chi connectivity index (χ4v) is 7.86. The fraction of sp³-hybridized carbons (Fsp3) is 0.440. The van der Waals surface area contributed by atoms with Gasteiger partial charge in [-0.2, -0.15) is 13.2 Å². The summed E-state index contributed by atoms with van der Waals surface area (Å²) in [4.78, 5) is 15.7. The van der Waals surface area contributed by atoms with Crippen LogP contribution in [0.2, 0.25) is 0 Å². The van der Waals surface area contributed by atoms with Crippen LogP contribution in [0.1, 0.15) is 43.2 Å². The standard InChI is InChI=1S/C25H26F3N3O4S/c26-25(27,28)19-6-1-2-7-20(19)36(34,35)31-18-5-3-4-15(10-18)22(32)30-21-16-8-14-9-17(21)13-24(11-14,12-16)23(29)33/h1-7,10,14,16-17,21,31H,8-9,11-13H2,(H2,29,33)(H,30,32)/p-1. The van der Waals surface area contributed by atoms with Crippen molar-refractivity contribution in [2.24, 2.45) is 33.9 Å². The molecule has 1 amide bonds. The minimum atomic E-state index is -4.85. The lowest BCUT2D eigenvalue weighted by atomic mass is 9.48. The average molecular weight is 521 g/mol. The maximum absolute atomic E-state index is 13.3. The van der Waals surface area contributed by atoms with Crippen molar-refractivity contribution >= 4 is 27.5 Å². The summed E-state index contributed by atoms with van der Waals surface area (Å²) in [6, 6.07) is 9.18. The lowest BCUT2D eigenvalue weighted by Crippen LogP contribution is -2.57. The van der Waals surface area contributed by atoms with Crippen molar-refractivity contribution in [1.82, 2.24) is 0 Å². The molecule has 4 saturated carbocycles. The van der Waals surface area contributed by atoms with Gasteiger partial charge in [0, 0.05) is 11.1 Å². The van der Waals surface area contributed by atoms with Crippen LogP contribution in [0.25, 0.3) is 0 Å². The zero-order chi connectivity index (χ0) is 25.9. The van der Waals surface area contributed by atoms with E-state index in [1.807, 2.05) is 0 Å². The monoisotopic (exact) mass is 520 g/mol. The van der Waals surface area contributed by atoms with E-state index < -0.39 is 38.0 Å². The van der Waals surface area contributed by atoms with Crippen LogP contribution >= 0.6 is 0 Å². The van der Waals surface area contributed by atoms with E-state index in [0.29, 0.717) is 24.8 Å². The van der Waals surface area contributed by atoms with E-state index in [9.17, 15) is 31.5 Å². The second kappa shape index (κ2) is 8.50. The predicted molar refractivity (Wildman–Crippen MR) is 124 cm³/mol. The fourth-order valence-electron chi connectivity index (χ4n) is 6.58. The summed E-state index contributed by atoms with van der Waals surface area (Å²) in [5, 5.41) is 13.0. The number of halogens is 3. The minimum Gasteiger partial charge on any atom is -0.858 e. The highest BCUT2D eigenvalue weighted by Gasteiger charge is 2.57. The van der Waals surface area contributed by atoms with Gasteiger partial charge in [-0.25, -0.2) is 8.42 Å². The van der Waals surface area contributed by atoms with Gasteiger partial charge < -0.3 is 10.8 Å². The van der Waals surface area contributed by atoms with E-state index >= 15 is 0 Å². The van der Waals surface area contributed by atoms with Gasteiger partial charge in [-0.15, -0.1) is 0 Å². The van der Waals surface area contributed by atoms with Crippen LogP contribution in [-0.4, -0.2) is 26.3 Å². The maximum atomic E-state index is 13.3. The summed E-state index contributed by atoms with van der Waals surface area (Å²) in [5.41, 5.74) is 4.00. The van der Waals surface area contributed by atoms with Crippen LogP contribution in [0, 0.1) is 23.2 Å². The van der Waals surface area contributed by atoms with Gasteiger partial charge >= 0.3 is 6.18 Å². The number of rotatable bonds is 6. The molecule has 0 aliphatic heterocycles. The van der Waals surface area contributed by atoms with Crippen molar-refractivity contribution in [3.63, 3.8) is 0 Å². The van der Waals surface area contributed by atoms with Crippen molar-refractivity contribution in [2.45, 2.75) is 49.2 Å². The topological polar surface area (TPSA) is 125 Å². The number of hydrogen-bond donors (Lipinski definition) is 2. The molecule has 4 bridgehead atoms. The first kappa shape index (κ1) is 24.6. The number of carbonyl (C=O) groups is 1. The summed E-state index contributed by atoms with van der Waals surface area (Å²) in [7, 11) is -4.58. The number of amides is 1. The van der Waals surface area contributed by atoms with Crippen LogP contribution in [0.4, 0.5) is 18.9 Å². The first-order valence-electron chi connectivity index (χ1n) is 11.7. The lowest BCUT2D eigenvalue weighted by molar-refractivity contribution is -0.214. The molecule has 2 aromatic carbocycles. The molecule has 0 heterocycles. The highest BCUT2D eigenvalue weighted by molar-refractivity contribution is 7.92. The van der Waals surface area contributed by atoms with E-state index in [4.69, 9.17) is 5.73 Å². The molecule has 4 aliphatic rings. The second-order valence-electron chi connectivity index (χ2n) is 10.2. The third-order valence-electron chi connectivity index (χ3n) is 7.86. The number of hydrogen-bond acceptors (Lipinski definition) is 5. The molecule has 7 nitrogen and oxygen atoms in total. The number of anilines is 1. The van der Waals surface area contributed by atoms with E-state index in [1.165, 1.54) is 30.3 Å². The molecule has 192 valence electrons. The zero-order valence-electron chi connectivity index (χ0n) is 19.2. The number of benzene rings is 2. The molecule has 4 fully saturated rings. The normalized spacial score (nSPS) is 29.8. The van der Waals surface area contributed by atoms with Crippen LogP contribution in [0.3, 0.4) is 0 Å². The SMILES string of the molecule is NC(=O)C12CC3CC(C1)C(N=C([O-])c1cccc(NS(=O)(=O)c4ccccc4C(F)(F)F)c1)C(C3)C2. The van der Waals surface area contributed by atoms with Gasteiger partial charge in [0.05, 0.1) is 16.5 Å². The van der Waals surface area contributed by atoms with Gasteiger partial charge in [0.2, 0.25) is 5.91 Å². The molecule has 0 saturated heterocycles. The number of nitrogens with two attached hydrogens (primary N) is 1. The molecule has 6 rings (SSSR count). The van der Waals surface area contributed by atoms with E-state index in [1.54, 1.807) is 0 Å². The number of primary amides is 1. The number of sulfonamides is 1. The summed E-state index contributed by atoms with van der Waals surface area (Å²) < 4.78 is 67.6. The first-order chi connectivity index (χ1) is 16.9. The number of alkyl halides is 3. The van der Waals surface area contributed by atoms with Gasteiger partial charge in [0.25, 0.3) is 10.0 Å². The average Bonchev–Trinajstić information content (AvgIpc) is 2.80. The predicted octanol–water partition coefficient (Wildman–Crippen LogP) is 3.29. The Morgan fingerprint density at radius 3 is 2.36 bits per heavy atom. The Labute approximate surface area is 206 Å². The Hall–Kier alpha value is -3.08. The molecular weight excluding hydrogens is 495 g/mol.